The summed E-state index contributed by atoms with van der Waals surface area (Å²) < 4.78 is 32.3. The van der Waals surface area contributed by atoms with Crippen LogP contribution in [0.4, 0.5) is 5.69 Å². The minimum absolute atomic E-state index is 0.0613. The van der Waals surface area contributed by atoms with Crippen LogP contribution >= 0.6 is 6.72 Å². The van der Waals surface area contributed by atoms with Crippen LogP contribution in [0.25, 0.3) is 11.4 Å². The molecule has 20 heteroatoms. The summed E-state index contributed by atoms with van der Waals surface area (Å²) in [6, 6.07) is 15.6. The number of nitrogens with zero attached hydrogens (tertiary/aromatic N) is 2. The molecule has 0 saturated heterocycles. The van der Waals surface area contributed by atoms with Gasteiger partial charge in [0.25, 0.3) is 0 Å². The van der Waals surface area contributed by atoms with Crippen molar-refractivity contribution < 1.29 is 57.5 Å². The number of fused-ring (bicyclic) bond motifs is 2. The third-order valence-electron chi connectivity index (χ3n) is 8.54. The van der Waals surface area contributed by atoms with E-state index in [0.717, 1.165) is 61.6 Å². The van der Waals surface area contributed by atoms with Gasteiger partial charge in [-0.1, -0.05) is 76.1 Å². The number of ether oxygens (including phenoxy) is 5. The predicted octanol–water partition coefficient (Wildman–Crippen LogP) is 3.67. The number of anilines is 1. The van der Waals surface area contributed by atoms with Crippen molar-refractivity contribution in [1.29, 1.82) is 0 Å². The lowest BCUT2D eigenvalue weighted by atomic mass is 9.95. The molecule has 0 unspecified atom stereocenters. The number of benzene rings is 2. The van der Waals surface area contributed by atoms with E-state index in [0.29, 0.717) is 116 Å². The van der Waals surface area contributed by atoms with Crippen LogP contribution < -0.4 is 27.1 Å². The van der Waals surface area contributed by atoms with Crippen molar-refractivity contribution in [2.24, 2.45) is 11.6 Å². The minimum Gasteiger partial charge on any atom is -0.400 e. The van der Waals surface area contributed by atoms with Crippen LogP contribution in [0.5, 0.6) is 0 Å². The highest BCUT2D eigenvalue weighted by Gasteiger charge is 2.27. The Morgan fingerprint density at radius 2 is 1.32 bits per heavy atom. The van der Waals surface area contributed by atoms with Crippen LogP contribution in [0.15, 0.2) is 48.5 Å². The lowest BCUT2D eigenvalue weighted by molar-refractivity contribution is -0.119. The highest BCUT2D eigenvalue weighted by molar-refractivity contribution is 8.06. The first-order valence-electron chi connectivity index (χ1n) is 21.4. The molecule has 0 bridgehead atoms. The van der Waals surface area contributed by atoms with Crippen LogP contribution in [0, 0.1) is 0 Å². The smallest absolute Gasteiger partial charge is 0.321 e. The molecular formula is C43H75N6O12PS. The molecule has 0 atom stereocenters. The maximum atomic E-state index is 13.1. The fraction of sp³-hybridized carbons (Fsp3) is 0.605. The Labute approximate surface area is 379 Å². The van der Waals surface area contributed by atoms with Gasteiger partial charge in [-0.15, -0.1) is 0 Å². The first-order chi connectivity index (χ1) is 30.5. The molecule has 18 nitrogen and oxygen atoms in total. The SMILES string of the molecule is CC.CCCC(=O)N1Cc2ccccc2/C(N(N)CCOCCOCCOCCOCCOCCNC(C)=O)=C(/N)c2ccccc21.CO.O=CNCCCCCCOP(O)(O)=S. The highest BCUT2D eigenvalue weighted by Crippen LogP contribution is 2.37. The normalized spacial score (nSPS) is 12.9. The van der Waals surface area contributed by atoms with Gasteiger partial charge in [0.15, 0.2) is 0 Å². The number of hydrogen-bond donors (Lipinski definition) is 7. The number of nitrogens with two attached hydrogens (primary N) is 2. The summed E-state index contributed by atoms with van der Waals surface area (Å²) >= 11 is 4.27. The van der Waals surface area contributed by atoms with E-state index in [4.69, 9.17) is 50.2 Å². The summed E-state index contributed by atoms with van der Waals surface area (Å²) in [6.45, 7) is 10.8. The molecule has 2 aromatic carbocycles. The summed E-state index contributed by atoms with van der Waals surface area (Å²) in [6.07, 6.45) is 5.48. The lowest BCUT2D eigenvalue weighted by Gasteiger charge is -2.33. The topological polar surface area (TPSA) is 250 Å². The predicted molar refractivity (Wildman–Crippen MR) is 250 cm³/mol. The standard InChI is InChI=1S/C33H49N5O7.C7H16NO4PS.C2H6.CH4O/c1-3-8-31(40)37-25-27-9-4-5-10-28(27)33(32(34)29-11-6-7-12-30(29)37)38(35)14-16-42-18-20-44-22-24-45-23-21-43-19-17-41-15-13-36-26(2)39;9-7-8-5-3-1-2-4-6-12-13(10,11)14;2*1-2/h4-7,9-12H,3,8,13-25,34-35H2,1-2H3,(H,36,39);7H,1-6H2,(H,8,9)(H2,10,11,14);1-2H3;2H,1H3/b33-32-;;;. The van der Waals surface area contributed by atoms with E-state index in [9.17, 15) is 14.4 Å². The lowest BCUT2D eigenvalue weighted by Crippen LogP contribution is -2.37. The number of aliphatic hydroxyl groups excluding tert-OH is 1. The van der Waals surface area contributed by atoms with Gasteiger partial charge in [0.2, 0.25) is 18.2 Å². The van der Waals surface area contributed by atoms with Crippen LogP contribution in [0.1, 0.15) is 82.9 Å². The Morgan fingerprint density at radius 3 is 1.87 bits per heavy atom. The second-order valence-electron chi connectivity index (χ2n) is 13.2. The van der Waals surface area contributed by atoms with Crippen molar-refractivity contribution in [2.75, 3.05) is 104 Å². The second-order valence-corrected chi connectivity index (χ2v) is 15.9. The third kappa shape index (κ3) is 28.1. The van der Waals surface area contributed by atoms with Gasteiger partial charge in [-0.05, 0) is 42.7 Å². The Balaban J connectivity index is 0.00000180. The highest BCUT2D eigenvalue weighted by atomic mass is 32.5. The fourth-order valence-corrected chi connectivity index (χ4v) is 6.31. The first kappa shape index (κ1) is 59.4. The molecule has 9 N–H and O–H groups in total. The molecule has 360 valence electrons. The average Bonchev–Trinajstić information content (AvgIpc) is 3.27. The molecule has 0 aliphatic carbocycles. The molecular weight excluding hydrogens is 856 g/mol. The number of nitrogens with one attached hydrogen (secondary N) is 2. The first-order valence-corrected chi connectivity index (χ1v) is 24.1. The monoisotopic (exact) mass is 930 g/mol. The molecule has 1 aliphatic rings. The van der Waals surface area contributed by atoms with Crippen LogP contribution in [-0.2, 0) is 60.9 Å². The quantitative estimate of drug-likeness (QED) is 0.0194. The number of para-hydroxylation sites is 1. The zero-order chi connectivity index (χ0) is 47.1. The van der Waals surface area contributed by atoms with E-state index in [1.165, 1.54) is 6.92 Å². The number of unbranched alkanes of at least 4 members (excludes halogenated alkanes) is 3. The zero-order valence-electron chi connectivity index (χ0n) is 38.0. The Morgan fingerprint density at radius 1 is 0.794 bits per heavy atom. The summed E-state index contributed by atoms with van der Waals surface area (Å²) in [5.74, 6) is 6.60. The molecule has 0 aromatic heterocycles. The zero-order valence-corrected chi connectivity index (χ0v) is 39.7. The van der Waals surface area contributed by atoms with Crippen LogP contribution in [0.2, 0.25) is 0 Å². The third-order valence-corrected chi connectivity index (χ3v) is 9.37. The van der Waals surface area contributed by atoms with Crippen molar-refractivity contribution >= 4 is 53.8 Å². The van der Waals surface area contributed by atoms with Crippen molar-refractivity contribution in [2.45, 2.75) is 72.8 Å². The van der Waals surface area contributed by atoms with Gasteiger partial charge in [-0.25, -0.2) is 5.84 Å². The fourth-order valence-electron chi connectivity index (χ4n) is 5.72. The van der Waals surface area contributed by atoms with Gasteiger partial charge < -0.3 is 69.4 Å². The van der Waals surface area contributed by atoms with Gasteiger partial charge in [0, 0.05) is 44.7 Å². The van der Waals surface area contributed by atoms with E-state index in [1.54, 1.807) is 5.01 Å². The number of aliphatic hydroxyl groups is 1. The molecule has 3 amide bonds. The van der Waals surface area contributed by atoms with E-state index in [1.807, 2.05) is 74.2 Å². The van der Waals surface area contributed by atoms with Crippen molar-refractivity contribution in [3.63, 3.8) is 0 Å². The van der Waals surface area contributed by atoms with Crippen molar-refractivity contribution in [3.05, 3.63) is 65.2 Å². The molecule has 0 fully saturated rings. The molecule has 0 radical (unpaired) electrons. The summed E-state index contributed by atoms with van der Waals surface area (Å²) in [5, 5.41) is 13.9. The van der Waals surface area contributed by atoms with E-state index in [-0.39, 0.29) is 18.4 Å². The maximum Gasteiger partial charge on any atom is 0.321 e. The molecule has 2 aromatic rings. The summed E-state index contributed by atoms with van der Waals surface area (Å²) in [4.78, 5) is 53.0. The molecule has 3 rings (SSSR count). The Bertz CT molecular complexity index is 1590. The second kappa shape index (κ2) is 38.9. The van der Waals surface area contributed by atoms with Gasteiger partial charge in [-0.3, -0.25) is 14.4 Å². The molecule has 1 aliphatic heterocycles. The van der Waals surface area contributed by atoms with Crippen molar-refractivity contribution in [1.82, 2.24) is 15.6 Å². The van der Waals surface area contributed by atoms with Gasteiger partial charge >= 0.3 is 6.72 Å². The number of carbonyl (C=O) groups is 3. The van der Waals surface area contributed by atoms with Crippen LogP contribution in [0.3, 0.4) is 0 Å². The minimum atomic E-state index is -3.46. The number of hydrogen-bond acceptors (Lipinski definition) is 14. The van der Waals surface area contributed by atoms with Gasteiger partial charge in [0.05, 0.1) is 103 Å². The number of hydrazine groups is 1. The van der Waals surface area contributed by atoms with Crippen molar-refractivity contribution in [3.8, 4) is 0 Å². The van der Waals surface area contributed by atoms with Gasteiger partial charge in [0.1, 0.15) is 0 Å². The molecule has 1 heterocycles. The van der Waals surface area contributed by atoms with Gasteiger partial charge in [-0.2, -0.15) is 0 Å². The summed E-state index contributed by atoms with van der Waals surface area (Å²) in [7, 11) is 1.00. The van der Waals surface area contributed by atoms with Crippen LogP contribution in [-0.4, -0.2) is 138 Å². The van der Waals surface area contributed by atoms with E-state index >= 15 is 0 Å². The van der Waals surface area contributed by atoms with E-state index < -0.39 is 6.72 Å². The average molecular weight is 931 g/mol. The number of carbonyl (C=O) groups excluding carboxylic acids is 3. The number of amides is 3. The molecule has 0 spiro atoms. The summed E-state index contributed by atoms with van der Waals surface area (Å²) in [5.41, 5.74) is 11.4. The Kier molecular flexibility index (Phi) is 36.7. The molecule has 63 heavy (non-hydrogen) atoms. The molecule has 0 saturated carbocycles. The maximum absolute atomic E-state index is 13.1. The Hall–Kier alpha value is -3.56. The van der Waals surface area contributed by atoms with E-state index in [2.05, 4.69) is 27.0 Å². The largest absolute Gasteiger partial charge is 0.400 e. The number of rotatable bonds is 30.